The van der Waals surface area contributed by atoms with Gasteiger partial charge in [-0.1, -0.05) is 0 Å². The van der Waals surface area contributed by atoms with Gasteiger partial charge in [0.05, 0.1) is 5.41 Å². The molecule has 4 saturated carbocycles. The van der Waals surface area contributed by atoms with Crippen molar-refractivity contribution in [1.82, 2.24) is 0 Å². The minimum absolute atomic E-state index is 0.201. The molecule has 0 heterocycles. The zero-order valence-corrected chi connectivity index (χ0v) is 14.5. The summed E-state index contributed by atoms with van der Waals surface area (Å²) in [6.07, 6.45) is 5.68. The highest BCUT2D eigenvalue weighted by molar-refractivity contribution is 5.95. The zero-order valence-electron chi connectivity index (χ0n) is 14.5. The maximum Gasteiger partial charge on any atom is 0.312 e. The van der Waals surface area contributed by atoms with Crippen molar-refractivity contribution in [2.75, 3.05) is 5.32 Å². The number of benzene rings is 1. The number of hydrogen-bond acceptors (Lipinski definition) is 3. The van der Waals surface area contributed by atoms with Gasteiger partial charge in [0.15, 0.2) is 6.10 Å². The first-order chi connectivity index (χ1) is 11.9. The van der Waals surface area contributed by atoms with E-state index < -0.39 is 6.10 Å². The SMILES string of the molecule is C[C@H](OC(=O)C12CC3CC(CC(C3)C1)C2)C(=O)Nc1ccc(F)cc1. The minimum atomic E-state index is -0.856. The smallest absolute Gasteiger partial charge is 0.312 e. The second kappa shape index (κ2) is 6.11. The molecule has 0 aromatic heterocycles. The van der Waals surface area contributed by atoms with Crippen molar-refractivity contribution in [3.05, 3.63) is 30.1 Å². The van der Waals surface area contributed by atoms with Crippen LogP contribution in [0, 0.1) is 29.0 Å². The van der Waals surface area contributed by atoms with Crippen molar-refractivity contribution in [1.29, 1.82) is 0 Å². The van der Waals surface area contributed by atoms with Crippen molar-refractivity contribution in [2.45, 2.75) is 51.6 Å². The van der Waals surface area contributed by atoms with E-state index in [9.17, 15) is 14.0 Å². The first-order valence-corrected chi connectivity index (χ1v) is 9.21. The molecule has 0 spiro atoms. The van der Waals surface area contributed by atoms with Crippen molar-refractivity contribution in [3.8, 4) is 0 Å². The summed E-state index contributed by atoms with van der Waals surface area (Å²) in [5, 5.41) is 2.67. The maximum absolute atomic E-state index is 12.9. The van der Waals surface area contributed by atoms with Crippen LogP contribution in [-0.2, 0) is 14.3 Å². The second-order valence-corrected chi connectivity index (χ2v) is 8.24. The monoisotopic (exact) mass is 345 g/mol. The third-order valence-electron chi connectivity index (χ3n) is 6.24. The largest absolute Gasteiger partial charge is 0.452 e. The predicted octanol–water partition coefficient (Wildman–Crippen LogP) is 3.91. The average molecular weight is 345 g/mol. The molecule has 4 aliphatic carbocycles. The quantitative estimate of drug-likeness (QED) is 0.842. The molecular weight excluding hydrogens is 321 g/mol. The third kappa shape index (κ3) is 3.16. The minimum Gasteiger partial charge on any atom is -0.452 e. The van der Waals surface area contributed by atoms with Crippen LogP contribution >= 0.6 is 0 Å². The average Bonchev–Trinajstić information content (AvgIpc) is 2.55. The molecule has 4 aliphatic rings. The Morgan fingerprint density at radius 3 is 2.12 bits per heavy atom. The summed E-state index contributed by atoms with van der Waals surface area (Å²) in [4.78, 5) is 25.1. The Balaban J connectivity index is 1.38. The Hall–Kier alpha value is -1.91. The predicted molar refractivity (Wildman–Crippen MR) is 91.2 cm³/mol. The molecule has 0 unspecified atom stereocenters. The lowest BCUT2D eigenvalue weighted by atomic mass is 9.49. The lowest BCUT2D eigenvalue weighted by molar-refractivity contribution is -0.177. The van der Waals surface area contributed by atoms with Crippen molar-refractivity contribution in [2.24, 2.45) is 23.2 Å². The van der Waals surface area contributed by atoms with E-state index in [2.05, 4.69) is 5.32 Å². The van der Waals surface area contributed by atoms with E-state index in [1.54, 1.807) is 6.92 Å². The molecule has 0 aliphatic heterocycles. The van der Waals surface area contributed by atoms with Gasteiger partial charge in [0.1, 0.15) is 5.82 Å². The molecule has 4 fully saturated rings. The van der Waals surface area contributed by atoms with Crippen LogP contribution in [0.4, 0.5) is 10.1 Å². The molecular formula is C20H24FNO3. The molecule has 1 amide bonds. The van der Waals surface area contributed by atoms with E-state index in [-0.39, 0.29) is 23.1 Å². The number of amides is 1. The molecule has 5 heteroatoms. The van der Waals surface area contributed by atoms with Crippen LogP contribution in [0.2, 0.25) is 0 Å². The van der Waals surface area contributed by atoms with Gasteiger partial charge in [-0.05, 0) is 87.5 Å². The number of ether oxygens (including phenoxy) is 1. The number of esters is 1. The number of anilines is 1. The Kier molecular flexibility index (Phi) is 4.05. The fraction of sp³-hybridized carbons (Fsp3) is 0.600. The summed E-state index contributed by atoms with van der Waals surface area (Å²) in [5.74, 6) is 1.02. The fourth-order valence-corrected chi connectivity index (χ4v) is 5.48. The van der Waals surface area contributed by atoms with Crippen LogP contribution in [0.1, 0.15) is 45.4 Å². The van der Waals surface area contributed by atoms with Gasteiger partial charge < -0.3 is 10.1 Å². The maximum atomic E-state index is 12.9. The van der Waals surface area contributed by atoms with E-state index in [0.717, 1.165) is 19.3 Å². The van der Waals surface area contributed by atoms with Gasteiger partial charge in [-0.15, -0.1) is 0 Å². The fourth-order valence-electron chi connectivity index (χ4n) is 5.48. The van der Waals surface area contributed by atoms with Crippen LogP contribution in [0.25, 0.3) is 0 Å². The van der Waals surface area contributed by atoms with Crippen LogP contribution in [0.15, 0.2) is 24.3 Å². The number of nitrogens with one attached hydrogen (secondary N) is 1. The highest BCUT2D eigenvalue weighted by Crippen LogP contribution is 2.60. The number of carbonyl (C=O) groups is 2. The molecule has 1 aromatic rings. The summed E-state index contributed by atoms with van der Waals surface area (Å²) in [6, 6.07) is 5.53. The summed E-state index contributed by atoms with van der Waals surface area (Å²) in [7, 11) is 0. The highest BCUT2D eigenvalue weighted by Gasteiger charge is 2.55. The number of carbonyl (C=O) groups excluding carboxylic acids is 2. The van der Waals surface area contributed by atoms with E-state index >= 15 is 0 Å². The van der Waals surface area contributed by atoms with E-state index in [1.165, 1.54) is 43.5 Å². The zero-order chi connectivity index (χ0) is 17.6. The summed E-state index contributed by atoms with van der Waals surface area (Å²) in [5.41, 5.74) is 0.128. The van der Waals surface area contributed by atoms with Crippen molar-refractivity contribution >= 4 is 17.6 Å². The Morgan fingerprint density at radius 2 is 1.60 bits per heavy atom. The van der Waals surface area contributed by atoms with Gasteiger partial charge in [0.2, 0.25) is 0 Å². The standard InChI is InChI=1S/C20H24FNO3/c1-12(18(23)22-17-4-2-16(21)3-5-17)25-19(24)20-9-13-6-14(10-20)8-15(7-13)11-20/h2-5,12-15H,6-11H2,1H3,(H,22,23)/t12-,13?,14?,15?,20?/m0/s1. The Morgan fingerprint density at radius 1 is 1.08 bits per heavy atom. The molecule has 1 aromatic carbocycles. The topological polar surface area (TPSA) is 55.4 Å². The van der Waals surface area contributed by atoms with Gasteiger partial charge in [0.25, 0.3) is 5.91 Å². The van der Waals surface area contributed by atoms with Crippen molar-refractivity contribution in [3.63, 3.8) is 0 Å². The molecule has 0 saturated heterocycles. The normalized spacial score (nSPS) is 33.8. The lowest BCUT2D eigenvalue weighted by Crippen LogP contribution is -2.51. The summed E-state index contributed by atoms with van der Waals surface area (Å²) in [6.45, 7) is 1.59. The molecule has 0 radical (unpaired) electrons. The van der Waals surface area contributed by atoms with Crippen LogP contribution in [0.3, 0.4) is 0 Å². The molecule has 5 rings (SSSR count). The second-order valence-electron chi connectivity index (χ2n) is 8.24. The number of halogens is 1. The van der Waals surface area contributed by atoms with Crippen LogP contribution in [-0.4, -0.2) is 18.0 Å². The first kappa shape index (κ1) is 16.6. The van der Waals surface area contributed by atoms with E-state index in [1.807, 2.05) is 0 Å². The summed E-state index contributed by atoms with van der Waals surface area (Å²) < 4.78 is 18.5. The van der Waals surface area contributed by atoms with Gasteiger partial charge in [-0.2, -0.15) is 0 Å². The Labute approximate surface area is 147 Å². The van der Waals surface area contributed by atoms with Crippen LogP contribution < -0.4 is 5.32 Å². The molecule has 25 heavy (non-hydrogen) atoms. The molecule has 4 bridgehead atoms. The van der Waals surface area contributed by atoms with E-state index in [4.69, 9.17) is 4.74 Å². The number of rotatable bonds is 4. The van der Waals surface area contributed by atoms with Gasteiger partial charge in [-0.25, -0.2) is 4.39 Å². The Bertz CT molecular complexity index is 649. The highest BCUT2D eigenvalue weighted by atomic mass is 19.1. The van der Waals surface area contributed by atoms with Gasteiger partial charge >= 0.3 is 5.97 Å². The number of hydrogen-bond donors (Lipinski definition) is 1. The lowest BCUT2D eigenvalue weighted by Gasteiger charge is -2.55. The molecule has 134 valence electrons. The molecule has 1 atom stereocenters. The summed E-state index contributed by atoms with van der Waals surface area (Å²) >= 11 is 0. The van der Waals surface area contributed by atoms with Crippen molar-refractivity contribution < 1.29 is 18.7 Å². The third-order valence-corrected chi connectivity index (χ3v) is 6.24. The van der Waals surface area contributed by atoms with Gasteiger partial charge in [-0.3, -0.25) is 9.59 Å². The first-order valence-electron chi connectivity index (χ1n) is 9.21. The van der Waals surface area contributed by atoms with E-state index in [0.29, 0.717) is 23.4 Å². The van der Waals surface area contributed by atoms with Gasteiger partial charge in [0, 0.05) is 5.69 Å². The van der Waals surface area contributed by atoms with Crippen LogP contribution in [0.5, 0.6) is 0 Å². The molecule has 1 N–H and O–H groups in total. The molecule has 4 nitrogen and oxygen atoms in total.